The third-order valence-corrected chi connectivity index (χ3v) is 3.30. The van der Waals surface area contributed by atoms with Gasteiger partial charge < -0.3 is 5.11 Å². The molecule has 1 aliphatic rings. The van der Waals surface area contributed by atoms with Gasteiger partial charge in [0.25, 0.3) is 5.95 Å². The number of aryl methyl sites for hydroxylation is 1. The molecule has 0 saturated carbocycles. The van der Waals surface area contributed by atoms with Crippen molar-refractivity contribution in [2.24, 2.45) is 9.98 Å². The smallest absolute Gasteiger partial charge is 0.254 e. The lowest BCUT2D eigenvalue weighted by atomic mass is 10.3. The molecule has 0 aliphatic carbocycles. The number of aromatic hydroxyl groups is 1. The lowest BCUT2D eigenvalue weighted by Crippen LogP contribution is -2.16. The number of hydrogen-bond acceptors (Lipinski definition) is 5. The van der Waals surface area contributed by atoms with Crippen molar-refractivity contribution in [1.29, 1.82) is 0 Å². The lowest BCUT2D eigenvalue weighted by molar-refractivity contribution is 0.476. The van der Waals surface area contributed by atoms with E-state index in [2.05, 4.69) is 20.1 Å². The first-order valence-corrected chi connectivity index (χ1v) is 6.47. The lowest BCUT2D eigenvalue weighted by Gasteiger charge is -2.03. The van der Waals surface area contributed by atoms with Gasteiger partial charge >= 0.3 is 0 Å². The molecule has 0 bridgehead atoms. The Morgan fingerprint density at radius 2 is 1.85 bits per heavy atom. The Labute approximate surface area is 124 Å². The summed E-state index contributed by atoms with van der Waals surface area (Å²) in [5.41, 5.74) is 1.20. The summed E-state index contributed by atoms with van der Waals surface area (Å²) in [5, 5.41) is 14.0. The minimum Gasteiger partial charge on any atom is -0.505 e. The van der Waals surface area contributed by atoms with Crippen LogP contribution in [0.15, 0.2) is 22.1 Å². The van der Waals surface area contributed by atoms with Gasteiger partial charge in [0.15, 0.2) is 11.6 Å². The first kappa shape index (κ1) is 13.1. The zero-order chi connectivity index (χ0) is 14.4. The van der Waals surface area contributed by atoms with Gasteiger partial charge in [0, 0.05) is 0 Å². The van der Waals surface area contributed by atoms with Crippen molar-refractivity contribution >= 4 is 46.4 Å². The molecule has 8 heteroatoms. The molecular weight excluding hydrogens is 301 g/mol. The van der Waals surface area contributed by atoms with E-state index in [0.717, 1.165) is 0 Å². The number of phenols is 1. The maximum atomic E-state index is 9.54. The number of benzene rings is 1. The highest BCUT2D eigenvalue weighted by atomic mass is 35.5. The summed E-state index contributed by atoms with van der Waals surface area (Å²) in [6.45, 7) is 3.59. The second kappa shape index (κ2) is 4.57. The Morgan fingerprint density at radius 3 is 2.50 bits per heavy atom. The van der Waals surface area contributed by atoms with Crippen LogP contribution in [0.2, 0.25) is 10.0 Å². The van der Waals surface area contributed by atoms with Crippen LogP contribution in [0.1, 0.15) is 12.7 Å². The second-order valence-corrected chi connectivity index (χ2v) is 5.08. The molecule has 0 fully saturated rings. The molecule has 0 unspecified atom stereocenters. The SMILES string of the molecule is CC1=Nc2nc(C)nn2C1=Nc1cc(Cl)c(O)c(Cl)c1. The molecule has 0 atom stereocenters. The normalized spacial score (nSPS) is 15.6. The van der Waals surface area contributed by atoms with E-state index in [1.165, 1.54) is 12.1 Å². The molecule has 0 spiro atoms. The molecule has 1 aliphatic heterocycles. The van der Waals surface area contributed by atoms with Gasteiger partial charge in [-0.3, -0.25) is 0 Å². The standard InChI is InChI=1S/C12H9Cl2N5O/c1-5-11(19-12(15-5)16-6(2)18-19)17-7-3-8(13)10(20)9(14)4-7/h3-4,20H,1-2H3. The number of rotatable bonds is 1. The van der Waals surface area contributed by atoms with Gasteiger partial charge in [0.1, 0.15) is 5.82 Å². The summed E-state index contributed by atoms with van der Waals surface area (Å²) in [6.07, 6.45) is 0. The average molecular weight is 310 g/mol. The molecule has 2 heterocycles. The minimum absolute atomic E-state index is 0.138. The summed E-state index contributed by atoms with van der Waals surface area (Å²) in [5.74, 6) is 1.50. The number of nitrogens with zero attached hydrogens (tertiary/aromatic N) is 5. The van der Waals surface area contributed by atoms with Crippen LogP contribution in [0.3, 0.4) is 0 Å². The monoisotopic (exact) mass is 309 g/mol. The van der Waals surface area contributed by atoms with Crippen molar-refractivity contribution < 1.29 is 5.11 Å². The minimum atomic E-state index is -0.161. The molecule has 0 amide bonds. The highest BCUT2D eigenvalue weighted by molar-refractivity contribution is 6.44. The maximum absolute atomic E-state index is 9.54. The third kappa shape index (κ3) is 2.07. The summed E-state index contributed by atoms with van der Waals surface area (Å²) in [6, 6.07) is 3.04. The van der Waals surface area contributed by atoms with Crippen LogP contribution in [0.25, 0.3) is 0 Å². The third-order valence-electron chi connectivity index (χ3n) is 2.72. The average Bonchev–Trinajstić information content (AvgIpc) is 2.84. The van der Waals surface area contributed by atoms with Gasteiger partial charge in [-0.1, -0.05) is 23.2 Å². The van der Waals surface area contributed by atoms with E-state index in [9.17, 15) is 5.11 Å². The predicted molar refractivity (Wildman–Crippen MR) is 78.1 cm³/mol. The van der Waals surface area contributed by atoms with E-state index in [-0.39, 0.29) is 15.8 Å². The summed E-state index contributed by atoms with van der Waals surface area (Å²) in [4.78, 5) is 12.9. The van der Waals surface area contributed by atoms with E-state index < -0.39 is 0 Å². The number of phenolic OH excluding ortho intramolecular Hbond substituents is 1. The van der Waals surface area contributed by atoms with Crippen LogP contribution in [-0.2, 0) is 0 Å². The molecular formula is C12H9Cl2N5O. The topological polar surface area (TPSA) is 75.7 Å². The van der Waals surface area contributed by atoms with Gasteiger partial charge in [-0.2, -0.15) is 9.67 Å². The van der Waals surface area contributed by atoms with Crippen molar-refractivity contribution in [3.63, 3.8) is 0 Å². The quantitative estimate of drug-likeness (QED) is 0.878. The Bertz CT molecular complexity index is 755. The van der Waals surface area contributed by atoms with Gasteiger partial charge in [-0.25, -0.2) is 9.98 Å². The fourth-order valence-corrected chi connectivity index (χ4v) is 2.31. The molecule has 20 heavy (non-hydrogen) atoms. The number of halogens is 2. The van der Waals surface area contributed by atoms with Crippen LogP contribution in [0.5, 0.6) is 5.75 Å². The number of hydrogen-bond donors (Lipinski definition) is 1. The fraction of sp³-hybridized carbons (Fsp3) is 0.167. The highest BCUT2D eigenvalue weighted by Gasteiger charge is 2.22. The van der Waals surface area contributed by atoms with Crippen LogP contribution in [-0.4, -0.2) is 31.4 Å². The molecule has 6 nitrogen and oxygen atoms in total. The van der Waals surface area contributed by atoms with Crippen molar-refractivity contribution in [2.45, 2.75) is 13.8 Å². The van der Waals surface area contributed by atoms with Gasteiger partial charge in [-0.05, 0) is 26.0 Å². The molecule has 2 aromatic rings. The van der Waals surface area contributed by atoms with Gasteiger partial charge in [-0.15, -0.1) is 5.10 Å². The van der Waals surface area contributed by atoms with Crippen LogP contribution < -0.4 is 0 Å². The maximum Gasteiger partial charge on any atom is 0.254 e. The molecule has 0 radical (unpaired) electrons. The fourth-order valence-electron chi connectivity index (χ4n) is 1.84. The Kier molecular flexibility index (Phi) is 2.99. The van der Waals surface area contributed by atoms with Crippen LogP contribution in [0, 0.1) is 6.92 Å². The summed E-state index contributed by atoms with van der Waals surface area (Å²) < 4.78 is 1.55. The van der Waals surface area contributed by atoms with E-state index in [4.69, 9.17) is 23.2 Å². The Morgan fingerprint density at radius 1 is 1.20 bits per heavy atom. The number of fused-ring (bicyclic) bond motifs is 1. The molecule has 0 saturated heterocycles. The van der Waals surface area contributed by atoms with Crippen molar-refractivity contribution in [1.82, 2.24) is 14.8 Å². The summed E-state index contributed by atoms with van der Waals surface area (Å²) in [7, 11) is 0. The number of aliphatic imine (C=N–C) groups is 2. The van der Waals surface area contributed by atoms with Crippen molar-refractivity contribution in [3.8, 4) is 5.75 Å². The summed E-state index contributed by atoms with van der Waals surface area (Å²) >= 11 is 11.8. The Balaban J connectivity index is 2.11. The van der Waals surface area contributed by atoms with E-state index in [1.807, 2.05) is 6.92 Å². The molecule has 3 rings (SSSR count). The van der Waals surface area contributed by atoms with Gasteiger partial charge in [0.2, 0.25) is 0 Å². The Hall–Kier alpha value is -1.92. The predicted octanol–water partition coefficient (Wildman–Crippen LogP) is 3.28. The largest absolute Gasteiger partial charge is 0.505 e. The first-order valence-electron chi connectivity index (χ1n) is 5.72. The molecule has 1 N–H and O–H groups in total. The molecule has 102 valence electrons. The van der Waals surface area contributed by atoms with Crippen LogP contribution in [0.4, 0.5) is 11.6 Å². The number of aromatic nitrogens is 3. The highest BCUT2D eigenvalue weighted by Crippen LogP contribution is 2.36. The van der Waals surface area contributed by atoms with E-state index in [0.29, 0.717) is 29.0 Å². The second-order valence-electron chi connectivity index (χ2n) is 4.26. The van der Waals surface area contributed by atoms with Crippen LogP contribution >= 0.6 is 23.2 Å². The zero-order valence-corrected chi connectivity index (χ0v) is 12.1. The first-order chi connectivity index (χ1) is 9.45. The van der Waals surface area contributed by atoms with E-state index >= 15 is 0 Å². The molecule has 1 aromatic carbocycles. The van der Waals surface area contributed by atoms with Crippen molar-refractivity contribution in [3.05, 3.63) is 28.0 Å². The van der Waals surface area contributed by atoms with Crippen molar-refractivity contribution in [2.75, 3.05) is 0 Å². The zero-order valence-electron chi connectivity index (χ0n) is 10.6. The van der Waals surface area contributed by atoms with Gasteiger partial charge in [0.05, 0.1) is 21.4 Å². The van der Waals surface area contributed by atoms with E-state index in [1.54, 1.807) is 11.6 Å². The molecule has 1 aromatic heterocycles.